The average Bonchev–Trinajstić information content (AvgIpc) is 3.20. The van der Waals surface area contributed by atoms with Crippen molar-refractivity contribution >= 4 is 22.9 Å². The predicted octanol–water partition coefficient (Wildman–Crippen LogP) is 5.60. The summed E-state index contributed by atoms with van der Waals surface area (Å²) < 4.78 is 7.19. The summed E-state index contributed by atoms with van der Waals surface area (Å²) in [6.45, 7) is 12.1. The van der Waals surface area contributed by atoms with Gasteiger partial charge in [-0.3, -0.25) is 9.36 Å². The van der Waals surface area contributed by atoms with Gasteiger partial charge in [0.05, 0.1) is 22.1 Å². The van der Waals surface area contributed by atoms with Gasteiger partial charge in [0.15, 0.2) is 5.02 Å². The van der Waals surface area contributed by atoms with Crippen molar-refractivity contribution in [3.8, 4) is 22.8 Å². The summed E-state index contributed by atoms with van der Waals surface area (Å²) in [6, 6.07) is 7.61. The highest BCUT2D eigenvalue weighted by molar-refractivity contribution is 7.09. The van der Waals surface area contributed by atoms with Gasteiger partial charge in [0.2, 0.25) is 5.88 Å². The van der Waals surface area contributed by atoms with E-state index in [0.717, 1.165) is 33.3 Å². The topological polar surface area (TPSA) is 82.8 Å². The fourth-order valence-corrected chi connectivity index (χ4v) is 4.27. The second kappa shape index (κ2) is 9.27. The van der Waals surface area contributed by atoms with Crippen LogP contribution in [0.15, 0.2) is 40.6 Å². The molecular weight excluding hydrogens is 470 g/mol. The molecule has 0 saturated heterocycles. The Morgan fingerprint density at radius 2 is 1.88 bits per heavy atom. The summed E-state index contributed by atoms with van der Waals surface area (Å²) in [7, 11) is 0. The quantitative estimate of drug-likeness (QED) is 0.358. The molecule has 3 aromatic heterocycles. The molecule has 0 bridgehead atoms. The van der Waals surface area contributed by atoms with Crippen LogP contribution in [0.2, 0.25) is 5.02 Å². The highest BCUT2D eigenvalue weighted by Crippen LogP contribution is 2.27. The third kappa shape index (κ3) is 4.88. The van der Waals surface area contributed by atoms with Gasteiger partial charge in [-0.1, -0.05) is 44.5 Å². The van der Waals surface area contributed by atoms with Gasteiger partial charge in [-0.15, -0.1) is 11.3 Å². The Kier molecular flexibility index (Phi) is 6.55. The van der Waals surface area contributed by atoms with Crippen LogP contribution in [0.5, 0.6) is 5.88 Å². The Morgan fingerprint density at radius 3 is 2.56 bits per heavy atom. The number of thiazole rings is 1. The second-order valence-electron chi connectivity index (χ2n) is 9.09. The summed E-state index contributed by atoms with van der Waals surface area (Å²) >= 11 is 7.92. The summed E-state index contributed by atoms with van der Waals surface area (Å²) in [5.74, 6) is 1.32. The standard InChI is InChI=1S/C25H26ClN5O2S/c1-14-11-27-24(25(4,5)6)30-21(14)17-8-7-9-19(10-17)31-15(2)28-22(20(26)23(31)32)33-12-18-13-34-16(3)29-18/h7-11,13H,12H2,1-6H3. The number of ether oxygens (including phenoxy) is 1. The van der Waals surface area contributed by atoms with Crippen LogP contribution in [0, 0.1) is 20.8 Å². The number of halogens is 1. The van der Waals surface area contributed by atoms with Gasteiger partial charge in [-0.05, 0) is 38.5 Å². The Bertz CT molecular complexity index is 1420. The van der Waals surface area contributed by atoms with E-state index in [1.165, 1.54) is 15.9 Å². The van der Waals surface area contributed by atoms with E-state index in [9.17, 15) is 4.79 Å². The lowest BCUT2D eigenvalue weighted by Crippen LogP contribution is -2.23. The van der Waals surface area contributed by atoms with Crippen molar-refractivity contribution in [2.24, 2.45) is 0 Å². The van der Waals surface area contributed by atoms with Crippen molar-refractivity contribution in [1.82, 2.24) is 24.5 Å². The van der Waals surface area contributed by atoms with Gasteiger partial charge in [0.1, 0.15) is 18.3 Å². The van der Waals surface area contributed by atoms with E-state index in [0.29, 0.717) is 11.5 Å². The SMILES string of the molecule is Cc1nc(COc2nc(C)n(-c3cccc(-c4nc(C(C)(C)C)ncc4C)c3)c(=O)c2Cl)cs1. The Balaban J connectivity index is 1.72. The molecule has 34 heavy (non-hydrogen) atoms. The molecule has 0 aliphatic heterocycles. The first-order chi connectivity index (χ1) is 16.0. The van der Waals surface area contributed by atoms with Crippen LogP contribution in [0.3, 0.4) is 0 Å². The summed E-state index contributed by atoms with van der Waals surface area (Å²) in [5.41, 5.74) is 3.49. The third-order valence-electron chi connectivity index (χ3n) is 5.21. The maximum atomic E-state index is 13.2. The second-order valence-corrected chi connectivity index (χ2v) is 10.5. The van der Waals surface area contributed by atoms with Gasteiger partial charge in [-0.25, -0.2) is 15.0 Å². The number of rotatable bonds is 5. The molecule has 176 valence electrons. The van der Waals surface area contributed by atoms with E-state index in [-0.39, 0.29) is 22.9 Å². The number of aryl methyl sites for hydroxylation is 3. The predicted molar refractivity (Wildman–Crippen MR) is 135 cm³/mol. The van der Waals surface area contributed by atoms with E-state index in [1.54, 1.807) is 6.92 Å². The largest absolute Gasteiger partial charge is 0.470 e. The van der Waals surface area contributed by atoms with Gasteiger partial charge in [0, 0.05) is 22.6 Å². The number of hydrogen-bond acceptors (Lipinski definition) is 7. The van der Waals surface area contributed by atoms with E-state index < -0.39 is 5.56 Å². The molecule has 4 rings (SSSR count). The fraction of sp³-hybridized carbons (Fsp3) is 0.320. The average molecular weight is 496 g/mol. The zero-order valence-corrected chi connectivity index (χ0v) is 21.6. The molecule has 0 fully saturated rings. The lowest BCUT2D eigenvalue weighted by molar-refractivity contribution is 0.287. The van der Waals surface area contributed by atoms with Crippen molar-refractivity contribution < 1.29 is 4.74 Å². The molecule has 1 aromatic carbocycles. The van der Waals surface area contributed by atoms with Gasteiger partial charge in [-0.2, -0.15) is 4.98 Å². The zero-order valence-electron chi connectivity index (χ0n) is 20.0. The third-order valence-corrected chi connectivity index (χ3v) is 6.35. The molecule has 9 heteroatoms. The van der Waals surface area contributed by atoms with Crippen molar-refractivity contribution in [1.29, 1.82) is 0 Å². The minimum Gasteiger partial charge on any atom is -0.470 e. The maximum Gasteiger partial charge on any atom is 0.280 e. The Morgan fingerprint density at radius 1 is 1.12 bits per heavy atom. The van der Waals surface area contributed by atoms with Crippen molar-refractivity contribution in [2.75, 3.05) is 0 Å². The van der Waals surface area contributed by atoms with E-state index in [4.69, 9.17) is 21.3 Å². The molecule has 0 radical (unpaired) electrons. The summed E-state index contributed by atoms with van der Waals surface area (Å²) in [5, 5.41) is 2.78. The molecular formula is C25H26ClN5O2S. The molecule has 0 spiro atoms. The Labute approximate surface area is 207 Å². The molecule has 3 heterocycles. The molecule has 0 N–H and O–H groups in total. The van der Waals surface area contributed by atoms with Crippen LogP contribution in [-0.2, 0) is 12.0 Å². The first-order valence-corrected chi connectivity index (χ1v) is 12.1. The number of hydrogen-bond donors (Lipinski definition) is 0. The van der Waals surface area contributed by atoms with E-state index in [2.05, 4.69) is 35.7 Å². The number of benzene rings is 1. The normalized spacial score (nSPS) is 11.6. The maximum absolute atomic E-state index is 13.2. The lowest BCUT2D eigenvalue weighted by Gasteiger charge is -2.18. The minimum atomic E-state index is -0.398. The van der Waals surface area contributed by atoms with Crippen molar-refractivity contribution in [2.45, 2.75) is 53.6 Å². The van der Waals surface area contributed by atoms with Gasteiger partial charge < -0.3 is 4.74 Å². The lowest BCUT2D eigenvalue weighted by atomic mass is 9.95. The first-order valence-electron chi connectivity index (χ1n) is 10.8. The molecule has 0 aliphatic rings. The summed E-state index contributed by atoms with van der Waals surface area (Å²) in [4.78, 5) is 31.3. The fourth-order valence-electron chi connectivity index (χ4n) is 3.49. The van der Waals surface area contributed by atoms with Crippen LogP contribution < -0.4 is 10.3 Å². The van der Waals surface area contributed by atoms with Crippen molar-refractivity contribution in [3.63, 3.8) is 0 Å². The number of aromatic nitrogens is 5. The molecule has 7 nitrogen and oxygen atoms in total. The molecule has 0 atom stereocenters. The molecule has 4 aromatic rings. The smallest absolute Gasteiger partial charge is 0.280 e. The van der Waals surface area contributed by atoms with Gasteiger partial charge >= 0.3 is 0 Å². The monoisotopic (exact) mass is 495 g/mol. The Hall–Kier alpha value is -3.10. The summed E-state index contributed by atoms with van der Waals surface area (Å²) in [6.07, 6.45) is 1.83. The highest BCUT2D eigenvalue weighted by Gasteiger charge is 2.20. The van der Waals surface area contributed by atoms with Crippen LogP contribution >= 0.6 is 22.9 Å². The van der Waals surface area contributed by atoms with Crippen LogP contribution in [0.1, 0.15) is 48.7 Å². The van der Waals surface area contributed by atoms with Crippen LogP contribution in [0.25, 0.3) is 16.9 Å². The van der Waals surface area contributed by atoms with Crippen LogP contribution in [0.4, 0.5) is 0 Å². The van der Waals surface area contributed by atoms with Gasteiger partial charge in [0.25, 0.3) is 5.56 Å². The molecule has 0 aliphatic carbocycles. The molecule has 0 saturated carbocycles. The number of nitrogens with zero attached hydrogens (tertiary/aromatic N) is 5. The van der Waals surface area contributed by atoms with Crippen molar-refractivity contribution in [3.05, 3.63) is 79.1 Å². The van der Waals surface area contributed by atoms with E-state index >= 15 is 0 Å². The molecule has 0 unspecified atom stereocenters. The zero-order chi connectivity index (χ0) is 24.6. The van der Waals surface area contributed by atoms with Crippen LogP contribution in [-0.4, -0.2) is 24.5 Å². The molecule has 0 amide bonds. The highest BCUT2D eigenvalue weighted by atomic mass is 35.5. The van der Waals surface area contributed by atoms with E-state index in [1.807, 2.05) is 49.7 Å². The minimum absolute atomic E-state index is 0.0730. The first kappa shape index (κ1) is 24.0.